The van der Waals surface area contributed by atoms with E-state index in [1.165, 1.54) is 0 Å². The van der Waals surface area contributed by atoms with E-state index in [1.54, 1.807) is 19.3 Å². The zero-order chi connectivity index (χ0) is 21.3. The number of nitrogens with one attached hydrogen (secondary N) is 2. The van der Waals surface area contributed by atoms with Crippen LogP contribution in [0.1, 0.15) is 21.6 Å². The number of fused-ring (bicyclic) bond motifs is 1. The van der Waals surface area contributed by atoms with Gasteiger partial charge in [-0.05, 0) is 30.7 Å². The number of H-pyrrole nitrogens is 1. The van der Waals surface area contributed by atoms with Crippen molar-refractivity contribution in [1.82, 2.24) is 25.2 Å². The number of aromatic nitrogens is 3. The van der Waals surface area contributed by atoms with Crippen molar-refractivity contribution in [2.75, 3.05) is 38.1 Å². The fourth-order valence-corrected chi connectivity index (χ4v) is 3.83. The van der Waals surface area contributed by atoms with Crippen molar-refractivity contribution in [3.05, 3.63) is 62.8 Å². The maximum atomic E-state index is 11.9. The summed E-state index contributed by atoms with van der Waals surface area (Å²) in [6.45, 7) is 6.09. The first-order chi connectivity index (χ1) is 14.5. The number of aryl methyl sites for hydroxylation is 1. The molecule has 0 radical (unpaired) electrons. The molecule has 0 aromatic carbocycles. The van der Waals surface area contributed by atoms with Gasteiger partial charge in [-0.2, -0.15) is 0 Å². The third-order valence-electron chi connectivity index (χ3n) is 5.43. The quantitative estimate of drug-likeness (QED) is 0.662. The molecule has 8 nitrogen and oxygen atoms in total. The van der Waals surface area contributed by atoms with Crippen LogP contribution in [0.3, 0.4) is 0 Å². The van der Waals surface area contributed by atoms with E-state index in [0.717, 1.165) is 49.5 Å². The normalized spacial score (nSPS) is 14.8. The van der Waals surface area contributed by atoms with Crippen molar-refractivity contribution in [3.63, 3.8) is 0 Å². The molecule has 0 aliphatic carbocycles. The average molecular weight is 427 g/mol. The van der Waals surface area contributed by atoms with Gasteiger partial charge < -0.3 is 15.2 Å². The molecular weight excluding hydrogens is 404 g/mol. The lowest BCUT2D eigenvalue weighted by atomic mass is 10.1. The monoisotopic (exact) mass is 426 g/mol. The van der Waals surface area contributed by atoms with E-state index >= 15 is 0 Å². The van der Waals surface area contributed by atoms with Gasteiger partial charge in [0.1, 0.15) is 10.7 Å². The molecular formula is C21H23ClN6O2. The van der Waals surface area contributed by atoms with Crippen molar-refractivity contribution in [3.8, 4) is 0 Å². The van der Waals surface area contributed by atoms with Crippen LogP contribution in [0.4, 0.5) is 5.69 Å². The van der Waals surface area contributed by atoms with Gasteiger partial charge in [0.15, 0.2) is 0 Å². The second-order valence-electron chi connectivity index (χ2n) is 7.38. The predicted octanol–water partition coefficient (Wildman–Crippen LogP) is 1.96. The summed E-state index contributed by atoms with van der Waals surface area (Å²) in [6, 6.07) is 5.65. The Hall–Kier alpha value is -2.97. The number of nitrogens with zero attached hydrogens (tertiary/aromatic N) is 4. The highest BCUT2D eigenvalue weighted by Crippen LogP contribution is 2.21. The summed E-state index contributed by atoms with van der Waals surface area (Å²) in [5, 5.41) is 2.77. The molecule has 1 aliphatic heterocycles. The van der Waals surface area contributed by atoms with Gasteiger partial charge in [-0.1, -0.05) is 11.6 Å². The lowest BCUT2D eigenvalue weighted by Crippen LogP contribution is -2.46. The standard InChI is InChI=1S/C21H23ClN6O2/c1-13-18(22)21(30)26-17-9-14(10-25-19(13)17)12-27-5-7-28(8-6-27)15-3-4-16(24-11-15)20(29)23-2/h3-4,9-11H,5-8,12H2,1-2H3,(H,23,29)(H,26,30). The van der Waals surface area contributed by atoms with E-state index in [0.29, 0.717) is 16.8 Å². The third-order valence-corrected chi connectivity index (χ3v) is 5.88. The molecule has 0 atom stereocenters. The number of aromatic amines is 1. The van der Waals surface area contributed by atoms with Crippen molar-refractivity contribution in [2.45, 2.75) is 13.5 Å². The van der Waals surface area contributed by atoms with E-state index in [1.807, 2.05) is 25.3 Å². The highest BCUT2D eigenvalue weighted by Gasteiger charge is 2.19. The first kappa shape index (κ1) is 20.3. The average Bonchev–Trinajstić information content (AvgIpc) is 2.77. The molecule has 0 bridgehead atoms. The Morgan fingerprint density at radius 2 is 1.97 bits per heavy atom. The summed E-state index contributed by atoms with van der Waals surface area (Å²) in [4.78, 5) is 39.8. The number of piperazine rings is 1. The molecule has 4 rings (SSSR count). The van der Waals surface area contributed by atoms with Gasteiger partial charge in [-0.3, -0.25) is 19.5 Å². The van der Waals surface area contributed by atoms with Crippen molar-refractivity contribution in [2.24, 2.45) is 0 Å². The summed E-state index contributed by atoms with van der Waals surface area (Å²) in [5.41, 5.74) is 4.32. The molecule has 1 fully saturated rings. The minimum Gasteiger partial charge on any atom is -0.368 e. The minimum absolute atomic E-state index is 0.186. The molecule has 1 amide bonds. The van der Waals surface area contributed by atoms with E-state index in [-0.39, 0.29) is 16.5 Å². The summed E-state index contributed by atoms with van der Waals surface area (Å²) in [7, 11) is 1.59. The number of hydrogen-bond acceptors (Lipinski definition) is 6. The van der Waals surface area contributed by atoms with Crippen molar-refractivity contribution < 1.29 is 4.79 Å². The predicted molar refractivity (Wildman–Crippen MR) is 117 cm³/mol. The SMILES string of the molecule is CNC(=O)c1ccc(N2CCN(Cc3cnc4c(C)c(Cl)c(=O)[nH]c4c3)CC2)cn1. The highest BCUT2D eigenvalue weighted by molar-refractivity contribution is 6.31. The Morgan fingerprint density at radius 1 is 1.20 bits per heavy atom. The van der Waals surface area contributed by atoms with Gasteiger partial charge in [-0.25, -0.2) is 4.98 Å². The fraction of sp³-hybridized carbons (Fsp3) is 0.333. The van der Waals surface area contributed by atoms with Crippen LogP contribution in [0.15, 0.2) is 35.4 Å². The number of carbonyl (C=O) groups is 1. The largest absolute Gasteiger partial charge is 0.368 e. The van der Waals surface area contributed by atoms with Crippen LogP contribution < -0.4 is 15.8 Å². The van der Waals surface area contributed by atoms with Crippen LogP contribution >= 0.6 is 11.6 Å². The summed E-state index contributed by atoms with van der Waals surface area (Å²) in [6.07, 6.45) is 3.59. The Bertz CT molecular complexity index is 1140. The van der Waals surface area contributed by atoms with Crippen LogP contribution in [0, 0.1) is 6.92 Å². The Kier molecular flexibility index (Phi) is 5.69. The number of carbonyl (C=O) groups excluding carboxylic acids is 1. The van der Waals surface area contributed by atoms with E-state index < -0.39 is 0 Å². The zero-order valence-electron chi connectivity index (χ0n) is 16.9. The van der Waals surface area contributed by atoms with Crippen LogP contribution in [-0.4, -0.2) is 59.0 Å². The van der Waals surface area contributed by atoms with E-state index in [9.17, 15) is 9.59 Å². The van der Waals surface area contributed by atoms with Crippen molar-refractivity contribution >= 4 is 34.2 Å². The molecule has 3 aromatic heterocycles. The topological polar surface area (TPSA) is 94.2 Å². The van der Waals surface area contributed by atoms with Crippen LogP contribution in [0.25, 0.3) is 11.0 Å². The van der Waals surface area contributed by atoms with Gasteiger partial charge in [0.05, 0.1) is 22.9 Å². The summed E-state index contributed by atoms with van der Waals surface area (Å²) in [5.74, 6) is -0.186. The molecule has 0 unspecified atom stereocenters. The maximum Gasteiger partial charge on any atom is 0.269 e. The van der Waals surface area contributed by atoms with Gasteiger partial charge in [0.2, 0.25) is 0 Å². The zero-order valence-corrected chi connectivity index (χ0v) is 17.7. The first-order valence-electron chi connectivity index (χ1n) is 9.78. The highest BCUT2D eigenvalue weighted by atomic mass is 35.5. The summed E-state index contributed by atoms with van der Waals surface area (Å²) < 4.78 is 0. The number of hydrogen-bond donors (Lipinski definition) is 2. The number of halogens is 1. The second kappa shape index (κ2) is 8.41. The van der Waals surface area contributed by atoms with Crippen LogP contribution in [0.5, 0.6) is 0 Å². The molecule has 9 heteroatoms. The minimum atomic E-state index is -0.287. The third kappa shape index (κ3) is 4.01. The van der Waals surface area contributed by atoms with E-state index in [4.69, 9.17) is 11.6 Å². The Balaban J connectivity index is 1.40. The molecule has 0 spiro atoms. The number of rotatable bonds is 4. The smallest absolute Gasteiger partial charge is 0.269 e. The number of amides is 1. The Labute approximate surface area is 178 Å². The molecule has 1 aliphatic rings. The molecule has 156 valence electrons. The first-order valence-corrected chi connectivity index (χ1v) is 10.2. The van der Waals surface area contributed by atoms with Gasteiger partial charge >= 0.3 is 0 Å². The molecule has 4 heterocycles. The molecule has 2 N–H and O–H groups in total. The molecule has 30 heavy (non-hydrogen) atoms. The number of pyridine rings is 3. The molecule has 1 saturated heterocycles. The van der Waals surface area contributed by atoms with Crippen LogP contribution in [0.2, 0.25) is 5.02 Å². The molecule has 3 aromatic rings. The molecule has 0 saturated carbocycles. The summed E-state index contributed by atoms with van der Waals surface area (Å²) >= 11 is 6.03. The van der Waals surface area contributed by atoms with Gasteiger partial charge in [-0.15, -0.1) is 0 Å². The second-order valence-corrected chi connectivity index (χ2v) is 7.75. The Morgan fingerprint density at radius 3 is 2.63 bits per heavy atom. The van der Waals surface area contributed by atoms with E-state index in [2.05, 4.69) is 30.1 Å². The lowest BCUT2D eigenvalue weighted by Gasteiger charge is -2.36. The fourth-order valence-electron chi connectivity index (χ4n) is 3.70. The maximum absolute atomic E-state index is 11.9. The lowest BCUT2D eigenvalue weighted by molar-refractivity contribution is 0.0958. The van der Waals surface area contributed by atoms with Gasteiger partial charge in [0, 0.05) is 51.5 Å². The van der Waals surface area contributed by atoms with Crippen molar-refractivity contribution in [1.29, 1.82) is 0 Å². The number of anilines is 1. The van der Waals surface area contributed by atoms with Gasteiger partial charge in [0.25, 0.3) is 11.5 Å². The van der Waals surface area contributed by atoms with Crippen LogP contribution in [-0.2, 0) is 6.54 Å².